The lowest BCUT2D eigenvalue weighted by Gasteiger charge is -2.30. The second kappa shape index (κ2) is 6.58. The van der Waals surface area contributed by atoms with Crippen LogP contribution >= 0.6 is 11.6 Å². The van der Waals surface area contributed by atoms with E-state index >= 15 is 0 Å². The lowest BCUT2D eigenvalue weighted by Crippen LogP contribution is -2.40. The van der Waals surface area contributed by atoms with Gasteiger partial charge >= 0.3 is 0 Å². The molecule has 0 aromatic heterocycles. The maximum absolute atomic E-state index is 14.2. The van der Waals surface area contributed by atoms with E-state index in [0.29, 0.717) is 26.1 Å². The average Bonchev–Trinajstić information content (AvgIpc) is 2.49. The second-order valence-corrected chi connectivity index (χ2v) is 7.30. The van der Waals surface area contributed by atoms with Crippen molar-refractivity contribution in [2.45, 2.75) is 30.4 Å². The van der Waals surface area contributed by atoms with Gasteiger partial charge in [-0.3, -0.25) is 0 Å². The Labute approximate surface area is 128 Å². The maximum atomic E-state index is 14.2. The largest absolute Gasteiger partial charge is 0.392 e. The third-order valence-corrected chi connectivity index (χ3v) is 5.74. The molecule has 1 aromatic rings. The average molecular weight is 338 g/mol. The van der Waals surface area contributed by atoms with Gasteiger partial charge in [-0.05, 0) is 25.0 Å². The van der Waals surface area contributed by atoms with Gasteiger partial charge < -0.3 is 9.84 Å². The van der Waals surface area contributed by atoms with Crippen LogP contribution in [0.1, 0.15) is 18.4 Å². The van der Waals surface area contributed by atoms with Gasteiger partial charge in [0, 0.05) is 36.9 Å². The van der Waals surface area contributed by atoms with E-state index < -0.39 is 27.3 Å². The van der Waals surface area contributed by atoms with Gasteiger partial charge in [0.1, 0.15) is 10.7 Å². The van der Waals surface area contributed by atoms with Crippen molar-refractivity contribution in [1.29, 1.82) is 0 Å². The van der Waals surface area contributed by atoms with Gasteiger partial charge in [0.15, 0.2) is 0 Å². The number of halogens is 2. The predicted molar refractivity (Wildman–Crippen MR) is 76.1 cm³/mol. The highest BCUT2D eigenvalue weighted by atomic mass is 35.5. The molecule has 0 bridgehead atoms. The van der Waals surface area contributed by atoms with Crippen LogP contribution in [0.2, 0.25) is 5.02 Å². The minimum atomic E-state index is -4.02. The van der Waals surface area contributed by atoms with Gasteiger partial charge in [0.25, 0.3) is 0 Å². The molecular weight excluding hydrogens is 321 g/mol. The van der Waals surface area contributed by atoms with Crippen LogP contribution < -0.4 is 0 Å². The van der Waals surface area contributed by atoms with E-state index in [9.17, 15) is 12.8 Å². The molecule has 1 aliphatic rings. The van der Waals surface area contributed by atoms with Crippen LogP contribution in [0.25, 0.3) is 0 Å². The number of hydrogen-bond donors (Lipinski definition) is 1. The number of rotatable bonds is 4. The van der Waals surface area contributed by atoms with Gasteiger partial charge in [-0.25, -0.2) is 12.8 Å². The van der Waals surface area contributed by atoms with Crippen LogP contribution in [-0.2, 0) is 21.4 Å². The summed E-state index contributed by atoms with van der Waals surface area (Å²) < 4.78 is 45.7. The van der Waals surface area contributed by atoms with E-state index in [1.165, 1.54) is 13.1 Å². The summed E-state index contributed by atoms with van der Waals surface area (Å²) in [5.41, 5.74) is -0.138. The molecule has 118 valence electrons. The van der Waals surface area contributed by atoms with Crippen molar-refractivity contribution >= 4 is 21.6 Å². The van der Waals surface area contributed by atoms with E-state index in [0.717, 1.165) is 10.4 Å². The number of hydrogen-bond acceptors (Lipinski definition) is 4. The number of ether oxygens (including phenoxy) is 1. The number of nitrogens with zero attached hydrogens (tertiary/aromatic N) is 1. The Morgan fingerprint density at radius 3 is 2.62 bits per heavy atom. The van der Waals surface area contributed by atoms with Gasteiger partial charge in [0.2, 0.25) is 10.0 Å². The van der Waals surface area contributed by atoms with Gasteiger partial charge in [-0.15, -0.1) is 0 Å². The fraction of sp³-hybridized carbons (Fsp3) is 0.538. The molecule has 2 rings (SSSR count). The summed E-state index contributed by atoms with van der Waals surface area (Å²) in [4.78, 5) is -0.506. The molecule has 0 spiro atoms. The molecule has 5 nitrogen and oxygen atoms in total. The molecule has 1 aromatic carbocycles. The molecule has 8 heteroatoms. The third-order valence-electron chi connectivity index (χ3n) is 3.61. The van der Waals surface area contributed by atoms with Crippen LogP contribution in [0.15, 0.2) is 17.0 Å². The van der Waals surface area contributed by atoms with E-state index in [-0.39, 0.29) is 16.6 Å². The molecule has 0 amide bonds. The molecule has 0 aliphatic carbocycles. The lowest BCUT2D eigenvalue weighted by atomic mass is 10.1. The second-order valence-electron chi connectivity index (χ2n) is 4.90. The van der Waals surface area contributed by atoms with Crippen molar-refractivity contribution in [3.63, 3.8) is 0 Å². The van der Waals surface area contributed by atoms with Crippen LogP contribution in [-0.4, -0.2) is 44.1 Å². The molecule has 1 heterocycles. The molecule has 0 radical (unpaired) electrons. The molecule has 21 heavy (non-hydrogen) atoms. The smallest absolute Gasteiger partial charge is 0.246 e. The fourth-order valence-corrected chi connectivity index (χ4v) is 4.17. The quantitative estimate of drug-likeness (QED) is 0.909. The predicted octanol–water partition coefficient (Wildman–Crippen LogP) is 1.77. The van der Waals surface area contributed by atoms with Crippen molar-refractivity contribution in [2.24, 2.45) is 0 Å². The van der Waals surface area contributed by atoms with Crippen molar-refractivity contribution < 1.29 is 22.7 Å². The van der Waals surface area contributed by atoms with Crippen LogP contribution in [0.5, 0.6) is 0 Å². The number of aliphatic hydroxyl groups is 1. The molecule has 1 aliphatic heterocycles. The van der Waals surface area contributed by atoms with E-state index in [1.54, 1.807) is 0 Å². The monoisotopic (exact) mass is 337 g/mol. The van der Waals surface area contributed by atoms with Crippen molar-refractivity contribution in [3.05, 3.63) is 28.5 Å². The summed E-state index contributed by atoms with van der Waals surface area (Å²) in [7, 11) is -2.60. The third kappa shape index (κ3) is 3.37. The highest BCUT2D eigenvalue weighted by molar-refractivity contribution is 7.89. The van der Waals surface area contributed by atoms with Crippen LogP contribution in [0.4, 0.5) is 4.39 Å². The zero-order chi connectivity index (χ0) is 15.6. The van der Waals surface area contributed by atoms with Gasteiger partial charge in [0.05, 0.1) is 6.61 Å². The Hall–Kier alpha value is -0.730. The Bertz CT molecular complexity index is 617. The number of aliphatic hydroxyl groups excluding tert-OH is 1. The first-order chi connectivity index (χ1) is 9.87. The SMILES string of the molecule is CN(C1CCOCC1)S(=O)(=O)c1cc(Cl)cc(CO)c1F. The summed E-state index contributed by atoms with van der Waals surface area (Å²) >= 11 is 5.82. The Kier molecular flexibility index (Phi) is 5.21. The molecule has 0 unspecified atom stereocenters. The Morgan fingerprint density at radius 1 is 1.43 bits per heavy atom. The lowest BCUT2D eigenvalue weighted by molar-refractivity contribution is 0.0631. The summed E-state index contributed by atoms with van der Waals surface area (Å²) in [6.45, 7) is 0.338. The van der Waals surface area contributed by atoms with Crippen molar-refractivity contribution in [1.82, 2.24) is 4.31 Å². The summed E-state index contributed by atoms with van der Waals surface area (Å²) in [6.07, 6.45) is 1.12. The molecule has 0 saturated carbocycles. The molecule has 1 fully saturated rings. The zero-order valence-corrected chi connectivity index (χ0v) is 13.1. The Balaban J connectivity index is 2.41. The van der Waals surface area contributed by atoms with E-state index in [1.807, 2.05) is 0 Å². The molecular formula is C13H17ClFNO4S. The summed E-state index contributed by atoms with van der Waals surface area (Å²) in [5.74, 6) is -0.958. The Morgan fingerprint density at radius 2 is 2.05 bits per heavy atom. The normalized spacial score (nSPS) is 17.4. The molecule has 1 saturated heterocycles. The van der Waals surface area contributed by atoms with Gasteiger partial charge in [-0.1, -0.05) is 11.6 Å². The number of benzene rings is 1. The minimum Gasteiger partial charge on any atom is -0.392 e. The maximum Gasteiger partial charge on any atom is 0.246 e. The van der Waals surface area contributed by atoms with Crippen molar-refractivity contribution in [3.8, 4) is 0 Å². The summed E-state index contributed by atoms with van der Waals surface area (Å²) in [6, 6.07) is 2.05. The van der Waals surface area contributed by atoms with E-state index in [2.05, 4.69) is 0 Å². The van der Waals surface area contributed by atoms with E-state index in [4.69, 9.17) is 21.4 Å². The molecule has 1 N–H and O–H groups in total. The first-order valence-corrected chi connectivity index (χ1v) is 8.34. The first-order valence-electron chi connectivity index (χ1n) is 6.52. The first kappa shape index (κ1) is 16.6. The topological polar surface area (TPSA) is 66.8 Å². The van der Waals surface area contributed by atoms with Gasteiger partial charge in [-0.2, -0.15) is 4.31 Å². The zero-order valence-electron chi connectivity index (χ0n) is 11.6. The number of sulfonamides is 1. The van der Waals surface area contributed by atoms with Crippen LogP contribution in [0.3, 0.4) is 0 Å². The molecule has 0 atom stereocenters. The minimum absolute atomic E-state index is 0.0689. The summed E-state index contributed by atoms with van der Waals surface area (Å²) in [5, 5.41) is 9.17. The standard InChI is InChI=1S/C13H17ClFNO4S/c1-16(11-2-4-20-5-3-11)21(18,19)12-7-10(14)6-9(8-17)13(12)15/h6-7,11,17H,2-5,8H2,1H3. The van der Waals surface area contributed by atoms with Crippen LogP contribution in [0, 0.1) is 5.82 Å². The highest BCUT2D eigenvalue weighted by Crippen LogP contribution is 2.28. The fourth-order valence-electron chi connectivity index (χ4n) is 2.32. The van der Waals surface area contributed by atoms with Crippen molar-refractivity contribution in [2.75, 3.05) is 20.3 Å². The highest BCUT2D eigenvalue weighted by Gasteiger charge is 2.32.